The lowest BCUT2D eigenvalue weighted by molar-refractivity contribution is 0.138. The molecule has 0 amide bonds. The molecule has 6 N–H and O–H groups in total. The van der Waals surface area contributed by atoms with Crippen LogP contribution in [0, 0.1) is 0 Å². The topological polar surface area (TPSA) is 84.3 Å². The van der Waals surface area contributed by atoms with E-state index in [1.54, 1.807) is 0 Å². The maximum absolute atomic E-state index is 8.95. The van der Waals surface area contributed by atoms with Gasteiger partial charge in [-0.15, -0.1) is 0 Å². The van der Waals surface area contributed by atoms with Gasteiger partial charge in [-0.1, -0.05) is 6.92 Å². The first-order valence-corrected chi connectivity index (χ1v) is 3.09. The van der Waals surface area contributed by atoms with Crippen LogP contribution in [0.1, 0.15) is 6.92 Å². The lowest BCUT2D eigenvalue weighted by Crippen LogP contribution is -2.49. The second kappa shape index (κ2) is 4.69. The molecule has 0 spiro atoms. The van der Waals surface area contributed by atoms with Crippen molar-refractivity contribution in [1.29, 1.82) is 0 Å². The van der Waals surface area contributed by atoms with E-state index in [1.165, 1.54) is 0 Å². The molecule has 2 unspecified atom stereocenters. The Bertz CT molecular complexity index is 69.2. The van der Waals surface area contributed by atoms with Crippen LogP contribution in [0.5, 0.6) is 0 Å². The minimum Gasteiger partial charge on any atom is -0.389 e. The molecule has 9 heavy (non-hydrogen) atoms. The van der Waals surface area contributed by atoms with E-state index in [2.05, 4.69) is 5.32 Å². The molecule has 0 heterocycles. The van der Waals surface area contributed by atoms with Crippen LogP contribution in [0.15, 0.2) is 0 Å². The van der Waals surface area contributed by atoms with E-state index in [1.807, 2.05) is 6.92 Å². The second-order valence-electron chi connectivity index (χ2n) is 1.89. The van der Waals surface area contributed by atoms with Crippen LogP contribution in [0.25, 0.3) is 0 Å². The van der Waals surface area contributed by atoms with Crippen molar-refractivity contribution in [1.82, 2.24) is 5.32 Å². The maximum atomic E-state index is 8.95. The molecule has 0 aliphatic carbocycles. The fraction of sp³-hybridized carbons (Fsp3) is 1.00. The Morgan fingerprint density at radius 1 is 1.67 bits per heavy atom. The molecule has 0 aromatic carbocycles. The smallest absolute Gasteiger partial charge is 0.0944 e. The predicted octanol–water partition coefficient (Wildman–Crippen LogP) is -1.80. The zero-order chi connectivity index (χ0) is 7.28. The molecule has 4 heteroatoms. The van der Waals surface area contributed by atoms with Gasteiger partial charge in [0.05, 0.1) is 12.3 Å². The number of hydrogen-bond acceptors (Lipinski definition) is 4. The van der Waals surface area contributed by atoms with E-state index in [0.717, 1.165) is 6.54 Å². The molecule has 0 radical (unpaired) electrons. The van der Waals surface area contributed by atoms with Gasteiger partial charge in [-0.05, 0) is 6.54 Å². The van der Waals surface area contributed by atoms with Crippen molar-refractivity contribution in [2.45, 2.75) is 19.2 Å². The summed E-state index contributed by atoms with van der Waals surface area (Å²) in [6.07, 6.45) is -1.02. The highest BCUT2D eigenvalue weighted by Gasteiger charge is 2.09. The molecule has 0 bridgehead atoms. The molecule has 0 saturated heterocycles. The molecule has 0 aromatic heterocycles. The van der Waals surface area contributed by atoms with Gasteiger partial charge in [-0.3, -0.25) is 0 Å². The summed E-state index contributed by atoms with van der Waals surface area (Å²) in [6, 6.07) is 0. The monoisotopic (exact) mass is 133 g/mol. The zero-order valence-corrected chi connectivity index (χ0v) is 5.67. The number of aliphatic hydroxyl groups is 1. The summed E-state index contributed by atoms with van der Waals surface area (Å²) < 4.78 is 0. The molecule has 56 valence electrons. The van der Waals surface area contributed by atoms with Gasteiger partial charge in [-0.2, -0.15) is 0 Å². The quantitative estimate of drug-likeness (QED) is 0.341. The van der Waals surface area contributed by atoms with Gasteiger partial charge in [-0.25, -0.2) is 0 Å². The van der Waals surface area contributed by atoms with Crippen LogP contribution in [0.3, 0.4) is 0 Å². The number of nitrogens with one attached hydrogen (secondary N) is 1. The van der Waals surface area contributed by atoms with Crippen LogP contribution in [0.2, 0.25) is 0 Å². The van der Waals surface area contributed by atoms with Crippen molar-refractivity contribution >= 4 is 0 Å². The first-order chi connectivity index (χ1) is 4.22. The molecular formula is C5H15N3O. The average Bonchev–Trinajstić information content (AvgIpc) is 1.87. The third-order valence-electron chi connectivity index (χ3n) is 1.10. The van der Waals surface area contributed by atoms with Gasteiger partial charge < -0.3 is 21.9 Å². The van der Waals surface area contributed by atoms with Crippen LogP contribution in [0.4, 0.5) is 0 Å². The summed E-state index contributed by atoms with van der Waals surface area (Å²) in [6.45, 7) is 2.87. The second-order valence-corrected chi connectivity index (χ2v) is 1.89. The first-order valence-electron chi connectivity index (χ1n) is 3.09. The van der Waals surface area contributed by atoms with Crippen LogP contribution < -0.4 is 16.8 Å². The van der Waals surface area contributed by atoms with Gasteiger partial charge in [0.25, 0.3) is 0 Å². The molecule has 0 aliphatic heterocycles. The Kier molecular flexibility index (Phi) is 4.61. The molecule has 4 nitrogen and oxygen atoms in total. The number of nitrogens with two attached hydrogens (primary N) is 2. The number of rotatable bonds is 4. The standard InChI is InChI=1S/C5H15N3O/c1-2-8-5(7)4(9)3-6/h4-5,8-9H,2-3,6-7H2,1H3. The Morgan fingerprint density at radius 2 is 2.22 bits per heavy atom. The summed E-state index contributed by atoms with van der Waals surface area (Å²) in [4.78, 5) is 0. The molecule has 0 fully saturated rings. The largest absolute Gasteiger partial charge is 0.389 e. The zero-order valence-electron chi connectivity index (χ0n) is 5.67. The van der Waals surface area contributed by atoms with E-state index >= 15 is 0 Å². The third-order valence-corrected chi connectivity index (χ3v) is 1.10. The summed E-state index contributed by atoms with van der Waals surface area (Å²) in [5, 5.41) is 11.8. The Balaban J connectivity index is 3.32. The van der Waals surface area contributed by atoms with Gasteiger partial charge in [0.2, 0.25) is 0 Å². The molecule has 2 atom stereocenters. The minimum absolute atomic E-state index is 0.203. The Hall–Kier alpha value is -0.160. The minimum atomic E-state index is -0.634. The van der Waals surface area contributed by atoms with E-state index in [-0.39, 0.29) is 12.7 Å². The van der Waals surface area contributed by atoms with Crippen LogP contribution >= 0.6 is 0 Å². The lowest BCUT2D eigenvalue weighted by atomic mass is 10.3. The Labute approximate surface area is 55.2 Å². The Morgan fingerprint density at radius 3 is 2.56 bits per heavy atom. The normalized spacial score (nSPS) is 17.3. The number of aliphatic hydroxyl groups excluding tert-OH is 1. The summed E-state index contributed by atoms with van der Waals surface area (Å²) >= 11 is 0. The summed E-state index contributed by atoms with van der Waals surface area (Å²) in [7, 11) is 0. The SMILES string of the molecule is CCNC(N)C(O)CN. The van der Waals surface area contributed by atoms with E-state index in [4.69, 9.17) is 16.6 Å². The van der Waals surface area contributed by atoms with Crippen molar-refractivity contribution in [3.63, 3.8) is 0 Å². The molecule has 0 saturated carbocycles. The van der Waals surface area contributed by atoms with Gasteiger partial charge in [0.1, 0.15) is 0 Å². The number of likely N-dealkylation sites (N-methyl/N-ethyl adjacent to an activating group) is 1. The average molecular weight is 133 g/mol. The van der Waals surface area contributed by atoms with E-state index in [0.29, 0.717) is 0 Å². The highest BCUT2D eigenvalue weighted by molar-refractivity contribution is 4.68. The van der Waals surface area contributed by atoms with Crippen molar-refractivity contribution in [2.24, 2.45) is 11.5 Å². The van der Waals surface area contributed by atoms with Gasteiger partial charge in [0, 0.05) is 6.54 Å². The van der Waals surface area contributed by atoms with E-state index < -0.39 is 6.10 Å². The molecular weight excluding hydrogens is 118 g/mol. The highest BCUT2D eigenvalue weighted by Crippen LogP contribution is 1.80. The van der Waals surface area contributed by atoms with Crippen molar-refractivity contribution in [2.75, 3.05) is 13.1 Å². The fourth-order valence-corrected chi connectivity index (χ4v) is 0.518. The fourth-order valence-electron chi connectivity index (χ4n) is 0.518. The molecule has 0 aliphatic rings. The first kappa shape index (κ1) is 8.84. The maximum Gasteiger partial charge on any atom is 0.0944 e. The summed E-state index contributed by atoms with van der Waals surface area (Å²) in [5.74, 6) is 0. The summed E-state index contributed by atoms with van der Waals surface area (Å²) in [5.41, 5.74) is 10.5. The van der Waals surface area contributed by atoms with Crippen molar-refractivity contribution in [3.05, 3.63) is 0 Å². The van der Waals surface area contributed by atoms with Crippen molar-refractivity contribution < 1.29 is 5.11 Å². The van der Waals surface area contributed by atoms with Gasteiger partial charge >= 0.3 is 0 Å². The van der Waals surface area contributed by atoms with Crippen LogP contribution in [-0.4, -0.2) is 30.5 Å². The molecule has 0 rings (SSSR count). The lowest BCUT2D eigenvalue weighted by Gasteiger charge is -2.16. The highest BCUT2D eigenvalue weighted by atomic mass is 16.3. The third kappa shape index (κ3) is 3.42. The predicted molar refractivity (Wildman–Crippen MR) is 36.7 cm³/mol. The molecule has 0 aromatic rings. The van der Waals surface area contributed by atoms with Crippen molar-refractivity contribution in [3.8, 4) is 0 Å². The number of hydrogen-bond donors (Lipinski definition) is 4. The van der Waals surface area contributed by atoms with E-state index in [9.17, 15) is 0 Å². The van der Waals surface area contributed by atoms with Gasteiger partial charge in [0.15, 0.2) is 0 Å². The van der Waals surface area contributed by atoms with Crippen LogP contribution in [-0.2, 0) is 0 Å².